The highest BCUT2D eigenvalue weighted by atomic mass is 16.6. The summed E-state index contributed by atoms with van der Waals surface area (Å²) in [7, 11) is 0. The van der Waals surface area contributed by atoms with Crippen LogP contribution in [-0.4, -0.2) is 16.7 Å². The Labute approximate surface area is 102 Å². The molecule has 1 heterocycles. The van der Waals surface area contributed by atoms with Gasteiger partial charge in [-0.3, -0.25) is 4.98 Å². The molecular weight excluding hydrogens is 216 g/mol. The van der Waals surface area contributed by atoms with Crippen molar-refractivity contribution < 1.29 is 9.53 Å². The summed E-state index contributed by atoms with van der Waals surface area (Å²) in [5.41, 5.74) is 1.56. The lowest BCUT2D eigenvalue weighted by molar-refractivity contribution is 0.0523. The summed E-state index contributed by atoms with van der Waals surface area (Å²) in [5.74, 6) is 0. The van der Waals surface area contributed by atoms with Crippen LogP contribution in [0.3, 0.4) is 0 Å². The fourth-order valence-corrected chi connectivity index (χ4v) is 1.42. The van der Waals surface area contributed by atoms with Crippen LogP contribution in [0.1, 0.15) is 39.0 Å². The number of nitrogens with one attached hydrogen (secondary N) is 1. The summed E-state index contributed by atoms with van der Waals surface area (Å²) in [5, 5.41) is 2.71. The van der Waals surface area contributed by atoms with Gasteiger partial charge in [0.25, 0.3) is 0 Å². The molecule has 4 heteroatoms. The molecule has 4 nitrogen and oxygen atoms in total. The number of hydrogen-bond donors (Lipinski definition) is 1. The minimum absolute atomic E-state index is 0.402. The topological polar surface area (TPSA) is 51.2 Å². The summed E-state index contributed by atoms with van der Waals surface area (Å²) >= 11 is 0. The molecule has 0 aliphatic heterocycles. The summed E-state index contributed by atoms with van der Waals surface area (Å²) in [6, 6.07) is 3.91. The fraction of sp³-hybridized carbons (Fsp3) is 0.538. The summed E-state index contributed by atoms with van der Waals surface area (Å²) < 4.78 is 5.16. The zero-order valence-corrected chi connectivity index (χ0v) is 10.9. The number of alkyl carbamates (subject to hydrolysis) is 1. The van der Waals surface area contributed by atoms with Crippen molar-refractivity contribution in [3.8, 4) is 0 Å². The molecule has 0 aromatic carbocycles. The van der Waals surface area contributed by atoms with E-state index in [0.717, 1.165) is 17.7 Å². The minimum atomic E-state index is -0.470. The number of aryl methyl sites for hydroxylation is 1. The number of hydrogen-bond acceptors (Lipinski definition) is 3. The number of rotatable bonds is 3. The van der Waals surface area contributed by atoms with Crippen molar-refractivity contribution in [1.82, 2.24) is 10.3 Å². The number of aromatic nitrogens is 1. The van der Waals surface area contributed by atoms with Crippen molar-refractivity contribution in [1.29, 1.82) is 0 Å². The van der Waals surface area contributed by atoms with Gasteiger partial charge in [-0.15, -0.1) is 0 Å². The molecule has 1 rings (SSSR count). The third-order valence-corrected chi connectivity index (χ3v) is 2.16. The van der Waals surface area contributed by atoms with Gasteiger partial charge in [-0.1, -0.05) is 13.0 Å². The van der Waals surface area contributed by atoms with Crippen molar-refractivity contribution in [3.63, 3.8) is 0 Å². The third-order valence-electron chi connectivity index (χ3n) is 2.16. The van der Waals surface area contributed by atoms with E-state index in [0.29, 0.717) is 6.54 Å². The lowest BCUT2D eigenvalue weighted by Gasteiger charge is -2.19. The zero-order valence-electron chi connectivity index (χ0n) is 10.9. The SMILES string of the molecule is CCc1cccnc1CNC(=O)OC(C)(C)C. The lowest BCUT2D eigenvalue weighted by Crippen LogP contribution is -2.32. The van der Waals surface area contributed by atoms with Crippen LogP contribution in [0.15, 0.2) is 18.3 Å². The second-order valence-corrected chi connectivity index (χ2v) is 4.82. The molecule has 1 aromatic heterocycles. The molecular formula is C13H20N2O2. The van der Waals surface area contributed by atoms with Crippen molar-refractivity contribution in [2.45, 2.75) is 46.3 Å². The van der Waals surface area contributed by atoms with Crippen molar-refractivity contribution in [2.24, 2.45) is 0 Å². The standard InChI is InChI=1S/C13H20N2O2/c1-5-10-7-6-8-14-11(10)9-15-12(16)17-13(2,3)4/h6-8H,5,9H2,1-4H3,(H,15,16). The number of ether oxygens (including phenoxy) is 1. The maximum absolute atomic E-state index is 11.5. The maximum Gasteiger partial charge on any atom is 0.407 e. The van der Waals surface area contributed by atoms with E-state index in [4.69, 9.17) is 4.74 Å². The predicted molar refractivity (Wildman–Crippen MR) is 66.7 cm³/mol. The van der Waals surface area contributed by atoms with E-state index in [2.05, 4.69) is 17.2 Å². The third kappa shape index (κ3) is 4.85. The quantitative estimate of drug-likeness (QED) is 0.877. The Hall–Kier alpha value is -1.58. The Balaban J connectivity index is 2.53. The first-order chi connectivity index (χ1) is 7.92. The van der Waals surface area contributed by atoms with E-state index < -0.39 is 11.7 Å². The fourth-order valence-electron chi connectivity index (χ4n) is 1.42. The number of carbonyl (C=O) groups is 1. The Morgan fingerprint density at radius 3 is 2.76 bits per heavy atom. The average molecular weight is 236 g/mol. The normalized spacial score (nSPS) is 11.1. The van der Waals surface area contributed by atoms with Crippen LogP contribution in [0, 0.1) is 0 Å². The molecule has 94 valence electrons. The summed E-state index contributed by atoms with van der Waals surface area (Å²) in [6.07, 6.45) is 2.22. The van der Waals surface area contributed by atoms with E-state index in [1.165, 1.54) is 0 Å². The monoisotopic (exact) mass is 236 g/mol. The molecule has 0 spiro atoms. The first kappa shape index (κ1) is 13.5. The molecule has 17 heavy (non-hydrogen) atoms. The average Bonchev–Trinajstić information content (AvgIpc) is 2.24. The van der Waals surface area contributed by atoms with E-state index in [1.807, 2.05) is 32.9 Å². The van der Waals surface area contributed by atoms with Gasteiger partial charge in [-0.2, -0.15) is 0 Å². The highest BCUT2D eigenvalue weighted by molar-refractivity contribution is 5.67. The highest BCUT2D eigenvalue weighted by Crippen LogP contribution is 2.08. The molecule has 0 fully saturated rings. The smallest absolute Gasteiger partial charge is 0.407 e. The molecule has 1 aromatic rings. The van der Waals surface area contributed by atoms with Gasteiger partial charge in [0.1, 0.15) is 5.60 Å². The van der Waals surface area contributed by atoms with Crippen LogP contribution in [0.2, 0.25) is 0 Å². The maximum atomic E-state index is 11.5. The van der Waals surface area contributed by atoms with Crippen LogP contribution in [0.4, 0.5) is 4.79 Å². The zero-order chi connectivity index (χ0) is 12.9. The molecule has 0 bridgehead atoms. The molecule has 0 radical (unpaired) electrons. The molecule has 1 amide bonds. The number of amides is 1. The van der Waals surface area contributed by atoms with Gasteiger partial charge in [0.05, 0.1) is 12.2 Å². The number of nitrogens with zero attached hydrogens (tertiary/aromatic N) is 1. The molecule has 0 atom stereocenters. The van der Waals surface area contributed by atoms with Crippen molar-refractivity contribution in [3.05, 3.63) is 29.6 Å². The second-order valence-electron chi connectivity index (χ2n) is 4.82. The van der Waals surface area contributed by atoms with Crippen LogP contribution in [0.5, 0.6) is 0 Å². The van der Waals surface area contributed by atoms with Crippen LogP contribution in [0.25, 0.3) is 0 Å². The van der Waals surface area contributed by atoms with Gasteiger partial charge in [-0.05, 0) is 38.8 Å². The molecule has 0 saturated carbocycles. The second kappa shape index (κ2) is 5.66. The van der Waals surface area contributed by atoms with E-state index in [1.54, 1.807) is 6.20 Å². The van der Waals surface area contributed by atoms with Crippen LogP contribution in [-0.2, 0) is 17.7 Å². The van der Waals surface area contributed by atoms with Crippen molar-refractivity contribution in [2.75, 3.05) is 0 Å². The molecule has 0 unspecified atom stereocenters. The minimum Gasteiger partial charge on any atom is -0.444 e. The highest BCUT2D eigenvalue weighted by Gasteiger charge is 2.16. The molecule has 0 aliphatic rings. The number of carbonyl (C=O) groups excluding carboxylic acids is 1. The van der Waals surface area contributed by atoms with Crippen molar-refractivity contribution >= 4 is 6.09 Å². The Morgan fingerprint density at radius 1 is 1.47 bits per heavy atom. The van der Waals surface area contributed by atoms with Gasteiger partial charge in [0.15, 0.2) is 0 Å². The van der Waals surface area contributed by atoms with E-state index >= 15 is 0 Å². The van der Waals surface area contributed by atoms with Gasteiger partial charge in [0, 0.05) is 6.20 Å². The largest absolute Gasteiger partial charge is 0.444 e. The lowest BCUT2D eigenvalue weighted by atomic mass is 10.1. The van der Waals surface area contributed by atoms with Gasteiger partial charge in [0.2, 0.25) is 0 Å². The molecule has 0 saturated heterocycles. The van der Waals surface area contributed by atoms with Gasteiger partial charge in [-0.25, -0.2) is 4.79 Å². The van der Waals surface area contributed by atoms with E-state index in [-0.39, 0.29) is 0 Å². The van der Waals surface area contributed by atoms with Crippen LogP contribution < -0.4 is 5.32 Å². The first-order valence-corrected chi connectivity index (χ1v) is 5.82. The Morgan fingerprint density at radius 2 is 2.18 bits per heavy atom. The van der Waals surface area contributed by atoms with E-state index in [9.17, 15) is 4.79 Å². The summed E-state index contributed by atoms with van der Waals surface area (Å²) in [4.78, 5) is 15.7. The summed E-state index contributed by atoms with van der Waals surface area (Å²) in [6.45, 7) is 7.98. The van der Waals surface area contributed by atoms with Crippen LogP contribution >= 0.6 is 0 Å². The van der Waals surface area contributed by atoms with Gasteiger partial charge >= 0.3 is 6.09 Å². The van der Waals surface area contributed by atoms with Gasteiger partial charge < -0.3 is 10.1 Å². The first-order valence-electron chi connectivity index (χ1n) is 5.82. The predicted octanol–water partition coefficient (Wildman–Crippen LogP) is 2.67. The molecule has 0 aliphatic carbocycles. The Bertz CT molecular complexity index is 383. The molecule has 1 N–H and O–H groups in total. The Kier molecular flexibility index (Phi) is 4.49. The number of pyridine rings is 1.